The summed E-state index contributed by atoms with van der Waals surface area (Å²) in [5.74, 6) is -0.316. The molecule has 4 heteroatoms. The molecule has 0 saturated carbocycles. The Morgan fingerprint density at radius 1 is 0.885 bits per heavy atom. The summed E-state index contributed by atoms with van der Waals surface area (Å²) >= 11 is 0. The van der Waals surface area contributed by atoms with Crippen molar-refractivity contribution in [3.05, 3.63) is 71.8 Å². The Morgan fingerprint density at radius 2 is 1.42 bits per heavy atom. The summed E-state index contributed by atoms with van der Waals surface area (Å²) in [6.07, 6.45) is 0.454. The minimum atomic E-state index is -0.615. The van der Waals surface area contributed by atoms with Crippen LogP contribution in [0.25, 0.3) is 0 Å². The molecule has 0 spiro atoms. The molecule has 0 bridgehead atoms. The largest absolute Gasteiger partial charge is 0.348 e. The minimum Gasteiger partial charge on any atom is -0.348 e. The van der Waals surface area contributed by atoms with E-state index in [4.69, 9.17) is 0 Å². The molecule has 0 aromatic heterocycles. The van der Waals surface area contributed by atoms with Crippen LogP contribution in [0.1, 0.15) is 44.9 Å². The zero-order valence-corrected chi connectivity index (χ0v) is 16.0. The smallest absolute Gasteiger partial charge is 0.243 e. The van der Waals surface area contributed by atoms with Crippen LogP contribution in [0.2, 0.25) is 0 Å². The zero-order chi connectivity index (χ0) is 19.2. The second kappa shape index (κ2) is 8.65. The van der Waals surface area contributed by atoms with E-state index >= 15 is 0 Å². The van der Waals surface area contributed by atoms with E-state index in [1.54, 1.807) is 0 Å². The van der Waals surface area contributed by atoms with Gasteiger partial charge in [-0.05, 0) is 18.1 Å². The van der Waals surface area contributed by atoms with Gasteiger partial charge >= 0.3 is 0 Å². The molecule has 0 fully saturated rings. The van der Waals surface area contributed by atoms with E-state index in [0.29, 0.717) is 6.42 Å². The first-order valence-electron chi connectivity index (χ1n) is 8.97. The van der Waals surface area contributed by atoms with Gasteiger partial charge < -0.3 is 10.6 Å². The molecule has 2 rings (SSSR count). The number of rotatable bonds is 6. The molecule has 0 aliphatic rings. The Bertz CT molecular complexity index is 721. The highest BCUT2D eigenvalue weighted by atomic mass is 16.2. The standard InChI is InChI=1S/C22H28N2O2/c1-16(18-13-9-6-10-14-18)23-20(25)19(24-21(26)22(2,3)4)15-17-11-7-5-8-12-17/h5-14,16,19H,15H2,1-4H3,(H,23,25)(H,24,26). The predicted molar refractivity (Wildman–Crippen MR) is 105 cm³/mol. The van der Waals surface area contributed by atoms with E-state index in [1.807, 2.05) is 88.4 Å². The molecule has 0 aliphatic carbocycles. The topological polar surface area (TPSA) is 58.2 Å². The maximum Gasteiger partial charge on any atom is 0.243 e. The van der Waals surface area contributed by atoms with Crippen LogP contribution >= 0.6 is 0 Å². The van der Waals surface area contributed by atoms with E-state index in [9.17, 15) is 9.59 Å². The van der Waals surface area contributed by atoms with Crippen LogP contribution in [0.15, 0.2) is 60.7 Å². The Balaban J connectivity index is 2.13. The predicted octanol–water partition coefficient (Wildman–Crippen LogP) is 3.64. The quantitative estimate of drug-likeness (QED) is 0.834. The lowest BCUT2D eigenvalue weighted by Crippen LogP contribution is -2.51. The van der Waals surface area contributed by atoms with E-state index in [2.05, 4.69) is 10.6 Å². The van der Waals surface area contributed by atoms with Crippen LogP contribution in [0, 0.1) is 5.41 Å². The van der Waals surface area contributed by atoms with Crippen LogP contribution in [0.3, 0.4) is 0 Å². The van der Waals surface area contributed by atoms with Gasteiger partial charge in [-0.3, -0.25) is 9.59 Å². The molecular weight excluding hydrogens is 324 g/mol. The van der Waals surface area contributed by atoms with Crippen molar-refractivity contribution in [3.8, 4) is 0 Å². The third kappa shape index (κ3) is 5.73. The van der Waals surface area contributed by atoms with Crippen molar-refractivity contribution in [2.75, 3.05) is 0 Å². The number of hydrogen-bond donors (Lipinski definition) is 2. The van der Waals surface area contributed by atoms with Crippen LogP contribution in [-0.2, 0) is 16.0 Å². The third-order valence-electron chi connectivity index (χ3n) is 4.24. The van der Waals surface area contributed by atoms with Crippen LogP contribution in [0.4, 0.5) is 0 Å². The summed E-state index contributed by atoms with van der Waals surface area (Å²) in [7, 11) is 0. The average molecular weight is 352 g/mol. The number of carbonyl (C=O) groups excluding carboxylic acids is 2. The summed E-state index contributed by atoms with van der Waals surface area (Å²) in [5, 5.41) is 5.93. The molecule has 2 N–H and O–H groups in total. The van der Waals surface area contributed by atoms with Gasteiger partial charge in [0.05, 0.1) is 6.04 Å². The van der Waals surface area contributed by atoms with Gasteiger partial charge in [0.25, 0.3) is 0 Å². The van der Waals surface area contributed by atoms with Crippen molar-refractivity contribution in [1.29, 1.82) is 0 Å². The van der Waals surface area contributed by atoms with Gasteiger partial charge in [0.2, 0.25) is 11.8 Å². The van der Waals surface area contributed by atoms with E-state index in [0.717, 1.165) is 11.1 Å². The van der Waals surface area contributed by atoms with Crippen LogP contribution in [0.5, 0.6) is 0 Å². The van der Waals surface area contributed by atoms with Crippen molar-refractivity contribution < 1.29 is 9.59 Å². The first-order valence-corrected chi connectivity index (χ1v) is 8.97. The Hall–Kier alpha value is -2.62. The molecule has 0 saturated heterocycles. The fourth-order valence-corrected chi connectivity index (χ4v) is 2.57. The number of amides is 2. The van der Waals surface area contributed by atoms with Crippen LogP contribution in [-0.4, -0.2) is 17.9 Å². The molecule has 0 heterocycles. The van der Waals surface area contributed by atoms with Crippen LogP contribution < -0.4 is 10.6 Å². The van der Waals surface area contributed by atoms with E-state index in [1.165, 1.54) is 0 Å². The van der Waals surface area contributed by atoms with Crippen molar-refractivity contribution in [1.82, 2.24) is 10.6 Å². The Kier molecular flexibility index (Phi) is 6.56. The van der Waals surface area contributed by atoms with Gasteiger partial charge in [0.15, 0.2) is 0 Å². The Labute approximate surface area is 156 Å². The number of carbonyl (C=O) groups is 2. The molecule has 2 aromatic carbocycles. The second-order valence-electron chi connectivity index (χ2n) is 7.61. The second-order valence-corrected chi connectivity index (χ2v) is 7.61. The van der Waals surface area contributed by atoms with Gasteiger partial charge in [0, 0.05) is 11.8 Å². The molecule has 2 aromatic rings. The molecule has 138 valence electrons. The molecule has 2 atom stereocenters. The maximum absolute atomic E-state index is 12.9. The Morgan fingerprint density at radius 3 is 1.96 bits per heavy atom. The number of nitrogens with one attached hydrogen (secondary N) is 2. The summed E-state index contributed by atoms with van der Waals surface area (Å²) < 4.78 is 0. The number of benzene rings is 2. The lowest BCUT2D eigenvalue weighted by molar-refractivity contribution is -0.133. The summed E-state index contributed by atoms with van der Waals surface area (Å²) in [5.41, 5.74) is 1.48. The summed E-state index contributed by atoms with van der Waals surface area (Å²) in [4.78, 5) is 25.3. The molecule has 4 nitrogen and oxygen atoms in total. The molecule has 2 amide bonds. The lowest BCUT2D eigenvalue weighted by Gasteiger charge is -2.25. The van der Waals surface area contributed by atoms with E-state index < -0.39 is 11.5 Å². The first-order chi connectivity index (χ1) is 12.3. The highest BCUT2D eigenvalue weighted by Gasteiger charge is 2.28. The minimum absolute atomic E-state index is 0.131. The highest BCUT2D eigenvalue weighted by molar-refractivity contribution is 5.90. The zero-order valence-electron chi connectivity index (χ0n) is 16.0. The molecule has 0 radical (unpaired) electrons. The van der Waals surface area contributed by atoms with Crippen molar-refractivity contribution in [2.24, 2.45) is 5.41 Å². The summed E-state index contributed by atoms with van der Waals surface area (Å²) in [6.45, 7) is 7.46. The number of hydrogen-bond acceptors (Lipinski definition) is 2. The van der Waals surface area contributed by atoms with Gasteiger partial charge in [-0.25, -0.2) is 0 Å². The van der Waals surface area contributed by atoms with Crippen molar-refractivity contribution in [3.63, 3.8) is 0 Å². The first kappa shape index (κ1) is 19.7. The average Bonchev–Trinajstić information content (AvgIpc) is 2.61. The normalized spacial score (nSPS) is 13.5. The van der Waals surface area contributed by atoms with E-state index in [-0.39, 0.29) is 17.9 Å². The van der Waals surface area contributed by atoms with Gasteiger partial charge in [-0.1, -0.05) is 81.4 Å². The van der Waals surface area contributed by atoms with Crippen molar-refractivity contribution >= 4 is 11.8 Å². The molecular formula is C22H28N2O2. The molecule has 2 unspecified atom stereocenters. The van der Waals surface area contributed by atoms with Gasteiger partial charge in [0.1, 0.15) is 6.04 Å². The van der Waals surface area contributed by atoms with Gasteiger partial charge in [-0.2, -0.15) is 0 Å². The molecule has 26 heavy (non-hydrogen) atoms. The third-order valence-corrected chi connectivity index (χ3v) is 4.24. The SMILES string of the molecule is CC(NC(=O)C(Cc1ccccc1)NC(=O)C(C)(C)C)c1ccccc1. The maximum atomic E-state index is 12.9. The highest BCUT2D eigenvalue weighted by Crippen LogP contribution is 2.15. The lowest BCUT2D eigenvalue weighted by atomic mass is 9.94. The molecule has 0 aliphatic heterocycles. The monoisotopic (exact) mass is 352 g/mol. The summed E-state index contributed by atoms with van der Waals surface area (Å²) in [6, 6.07) is 18.8. The van der Waals surface area contributed by atoms with Gasteiger partial charge in [-0.15, -0.1) is 0 Å². The van der Waals surface area contributed by atoms with Crippen molar-refractivity contribution in [2.45, 2.75) is 46.2 Å². The fraction of sp³-hybridized carbons (Fsp3) is 0.364. The fourth-order valence-electron chi connectivity index (χ4n) is 2.57.